The number of hydrogen-bond acceptors (Lipinski definition) is 3. The molecule has 1 amide bonds. The lowest BCUT2D eigenvalue weighted by Crippen LogP contribution is -2.37. The second-order valence-electron chi connectivity index (χ2n) is 5.27. The predicted molar refractivity (Wildman–Crippen MR) is 77.4 cm³/mol. The van der Waals surface area contributed by atoms with Crippen molar-refractivity contribution in [3.8, 4) is 5.75 Å². The van der Waals surface area contributed by atoms with Crippen LogP contribution in [0.4, 0.5) is 0 Å². The second-order valence-corrected chi connectivity index (χ2v) is 5.27. The molecule has 0 saturated carbocycles. The quantitative estimate of drug-likeness (QED) is 0.825. The van der Waals surface area contributed by atoms with Crippen molar-refractivity contribution in [2.45, 2.75) is 39.7 Å². The van der Waals surface area contributed by atoms with Crippen molar-refractivity contribution in [1.82, 2.24) is 5.32 Å². The molecule has 0 radical (unpaired) electrons. The van der Waals surface area contributed by atoms with Gasteiger partial charge in [-0.15, -0.1) is 0 Å². The van der Waals surface area contributed by atoms with Crippen LogP contribution in [0.2, 0.25) is 0 Å². The van der Waals surface area contributed by atoms with E-state index >= 15 is 0 Å². The lowest BCUT2D eigenvalue weighted by Gasteiger charge is -2.15. The molecule has 1 unspecified atom stereocenters. The van der Waals surface area contributed by atoms with Gasteiger partial charge < -0.3 is 15.8 Å². The fourth-order valence-corrected chi connectivity index (χ4v) is 1.71. The number of aryl methyl sites for hydroxylation is 1. The molecule has 0 aliphatic heterocycles. The molecule has 4 nitrogen and oxygen atoms in total. The Morgan fingerprint density at radius 3 is 2.63 bits per heavy atom. The molecule has 19 heavy (non-hydrogen) atoms. The molecule has 1 atom stereocenters. The summed E-state index contributed by atoms with van der Waals surface area (Å²) in [6.07, 6.45) is 0. The molecular formula is C15H24N2O2. The maximum Gasteiger partial charge on any atom is 0.257 e. The third-order valence-corrected chi connectivity index (χ3v) is 2.77. The summed E-state index contributed by atoms with van der Waals surface area (Å²) < 4.78 is 5.62. The summed E-state index contributed by atoms with van der Waals surface area (Å²) in [5, 5.41) is 2.73. The zero-order chi connectivity index (χ0) is 14.4. The Kier molecular flexibility index (Phi) is 5.83. The zero-order valence-corrected chi connectivity index (χ0v) is 12.2. The smallest absolute Gasteiger partial charge is 0.257 e. The molecule has 0 spiro atoms. The van der Waals surface area contributed by atoms with E-state index in [1.807, 2.05) is 19.9 Å². The van der Waals surface area contributed by atoms with Gasteiger partial charge in [-0.3, -0.25) is 4.79 Å². The second kappa shape index (κ2) is 7.14. The number of ether oxygens (including phenoxy) is 1. The molecule has 1 rings (SSSR count). The molecule has 3 N–H and O–H groups in total. The standard InChI is InChI=1S/C15H24N2O2/c1-10(2)13-6-5-11(3)7-14(13)19-9-15(18)17-8-12(4)16/h5-7,10,12H,8-9,16H2,1-4H3,(H,17,18). The van der Waals surface area contributed by atoms with Gasteiger partial charge in [0.2, 0.25) is 0 Å². The average molecular weight is 264 g/mol. The van der Waals surface area contributed by atoms with E-state index in [0.717, 1.165) is 16.9 Å². The van der Waals surface area contributed by atoms with Crippen LogP contribution in [0.15, 0.2) is 18.2 Å². The van der Waals surface area contributed by atoms with E-state index in [1.165, 1.54) is 0 Å². The number of benzene rings is 1. The number of carbonyl (C=O) groups is 1. The third kappa shape index (κ3) is 5.30. The van der Waals surface area contributed by atoms with Gasteiger partial charge in [0, 0.05) is 12.6 Å². The largest absolute Gasteiger partial charge is 0.483 e. The van der Waals surface area contributed by atoms with Gasteiger partial charge in [-0.2, -0.15) is 0 Å². The van der Waals surface area contributed by atoms with Crippen molar-refractivity contribution in [3.63, 3.8) is 0 Å². The van der Waals surface area contributed by atoms with Gasteiger partial charge in [0.1, 0.15) is 5.75 Å². The minimum Gasteiger partial charge on any atom is -0.483 e. The molecule has 0 fully saturated rings. The van der Waals surface area contributed by atoms with E-state index in [2.05, 4.69) is 31.3 Å². The van der Waals surface area contributed by atoms with Gasteiger partial charge in [0.05, 0.1) is 0 Å². The number of carbonyl (C=O) groups excluding carboxylic acids is 1. The van der Waals surface area contributed by atoms with E-state index in [1.54, 1.807) is 0 Å². The van der Waals surface area contributed by atoms with Crippen LogP contribution in [0.1, 0.15) is 37.8 Å². The number of nitrogens with one attached hydrogen (secondary N) is 1. The van der Waals surface area contributed by atoms with Crippen LogP contribution in [0.5, 0.6) is 5.75 Å². The summed E-state index contributed by atoms with van der Waals surface area (Å²) in [5.74, 6) is 1.00. The first-order valence-electron chi connectivity index (χ1n) is 6.65. The molecule has 0 heterocycles. The Morgan fingerprint density at radius 1 is 1.37 bits per heavy atom. The van der Waals surface area contributed by atoms with Gasteiger partial charge in [0.25, 0.3) is 5.91 Å². The number of rotatable bonds is 6. The van der Waals surface area contributed by atoms with E-state index in [-0.39, 0.29) is 18.6 Å². The lowest BCUT2D eigenvalue weighted by molar-refractivity contribution is -0.123. The summed E-state index contributed by atoms with van der Waals surface area (Å²) in [6, 6.07) is 6.02. The molecular weight excluding hydrogens is 240 g/mol. The topological polar surface area (TPSA) is 64.3 Å². The molecule has 1 aromatic rings. The van der Waals surface area contributed by atoms with E-state index in [9.17, 15) is 4.79 Å². The molecule has 0 aliphatic rings. The van der Waals surface area contributed by atoms with E-state index in [4.69, 9.17) is 10.5 Å². The Labute approximate surface area is 115 Å². The van der Waals surface area contributed by atoms with Crippen LogP contribution in [-0.2, 0) is 4.79 Å². The summed E-state index contributed by atoms with van der Waals surface area (Å²) in [5.41, 5.74) is 7.81. The van der Waals surface area contributed by atoms with Crippen LogP contribution in [0.3, 0.4) is 0 Å². The molecule has 0 aromatic heterocycles. The predicted octanol–water partition coefficient (Wildman–Crippen LogP) is 1.96. The molecule has 0 saturated heterocycles. The van der Waals surface area contributed by atoms with Crippen molar-refractivity contribution >= 4 is 5.91 Å². The third-order valence-electron chi connectivity index (χ3n) is 2.77. The summed E-state index contributed by atoms with van der Waals surface area (Å²) in [6.45, 7) is 8.55. The Hall–Kier alpha value is -1.55. The molecule has 4 heteroatoms. The van der Waals surface area contributed by atoms with Crippen molar-refractivity contribution in [2.24, 2.45) is 5.73 Å². The van der Waals surface area contributed by atoms with Crippen LogP contribution < -0.4 is 15.8 Å². The van der Waals surface area contributed by atoms with E-state index < -0.39 is 0 Å². The fraction of sp³-hybridized carbons (Fsp3) is 0.533. The first kappa shape index (κ1) is 15.5. The van der Waals surface area contributed by atoms with E-state index in [0.29, 0.717) is 12.5 Å². The van der Waals surface area contributed by atoms with Gasteiger partial charge in [-0.25, -0.2) is 0 Å². The summed E-state index contributed by atoms with van der Waals surface area (Å²) in [7, 11) is 0. The first-order valence-corrected chi connectivity index (χ1v) is 6.65. The SMILES string of the molecule is Cc1ccc(C(C)C)c(OCC(=O)NCC(C)N)c1. The highest BCUT2D eigenvalue weighted by atomic mass is 16.5. The highest BCUT2D eigenvalue weighted by Gasteiger charge is 2.10. The lowest BCUT2D eigenvalue weighted by atomic mass is 10.0. The monoisotopic (exact) mass is 264 g/mol. The summed E-state index contributed by atoms with van der Waals surface area (Å²) >= 11 is 0. The summed E-state index contributed by atoms with van der Waals surface area (Å²) in [4.78, 5) is 11.6. The van der Waals surface area contributed by atoms with Crippen molar-refractivity contribution < 1.29 is 9.53 Å². The minimum absolute atomic E-state index is 0.0237. The van der Waals surface area contributed by atoms with Crippen molar-refractivity contribution in [2.75, 3.05) is 13.2 Å². The van der Waals surface area contributed by atoms with Gasteiger partial charge in [0.15, 0.2) is 6.61 Å². The van der Waals surface area contributed by atoms with Crippen LogP contribution in [-0.4, -0.2) is 25.1 Å². The minimum atomic E-state index is -0.145. The van der Waals surface area contributed by atoms with Crippen LogP contribution >= 0.6 is 0 Å². The van der Waals surface area contributed by atoms with Crippen LogP contribution in [0.25, 0.3) is 0 Å². The molecule has 0 bridgehead atoms. The molecule has 0 aliphatic carbocycles. The number of hydrogen-bond donors (Lipinski definition) is 2. The highest BCUT2D eigenvalue weighted by Crippen LogP contribution is 2.27. The maximum absolute atomic E-state index is 11.6. The first-order chi connectivity index (χ1) is 8.90. The Bertz CT molecular complexity index is 428. The number of amides is 1. The van der Waals surface area contributed by atoms with Crippen LogP contribution in [0, 0.1) is 6.92 Å². The van der Waals surface area contributed by atoms with Gasteiger partial charge in [-0.05, 0) is 37.0 Å². The molecule has 106 valence electrons. The normalized spacial score (nSPS) is 12.3. The maximum atomic E-state index is 11.6. The Balaban J connectivity index is 2.61. The van der Waals surface area contributed by atoms with Gasteiger partial charge in [-0.1, -0.05) is 26.0 Å². The van der Waals surface area contributed by atoms with Crippen molar-refractivity contribution in [1.29, 1.82) is 0 Å². The average Bonchev–Trinajstić information content (AvgIpc) is 2.33. The molecule has 1 aromatic carbocycles. The zero-order valence-electron chi connectivity index (χ0n) is 12.2. The fourth-order valence-electron chi connectivity index (χ4n) is 1.71. The highest BCUT2D eigenvalue weighted by molar-refractivity contribution is 5.77. The van der Waals surface area contributed by atoms with Gasteiger partial charge >= 0.3 is 0 Å². The number of nitrogens with two attached hydrogens (primary N) is 1. The van der Waals surface area contributed by atoms with Crippen molar-refractivity contribution in [3.05, 3.63) is 29.3 Å². The Morgan fingerprint density at radius 2 is 2.05 bits per heavy atom.